The van der Waals surface area contributed by atoms with Gasteiger partial charge in [0.15, 0.2) is 0 Å². The van der Waals surface area contributed by atoms with Crippen LogP contribution in [0, 0.1) is 11.6 Å². The topological polar surface area (TPSA) is 38.3 Å². The molecule has 88 valence electrons. The molecule has 3 nitrogen and oxygen atoms in total. The van der Waals surface area contributed by atoms with Crippen molar-refractivity contribution in [2.75, 3.05) is 18.5 Å². The van der Waals surface area contributed by atoms with E-state index in [9.17, 15) is 13.6 Å². The van der Waals surface area contributed by atoms with Crippen LogP contribution in [0.2, 0.25) is 0 Å². The maximum atomic E-state index is 13.3. The zero-order valence-corrected chi connectivity index (χ0v) is 10.1. The molecule has 0 atom stereocenters. The maximum absolute atomic E-state index is 13.3. The predicted octanol–water partition coefficient (Wildman–Crippen LogP) is 2.70. The van der Waals surface area contributed by atoms with Crippen LogP contribution in [0.1, 0.15) is 6.92 Å². The molecule has 0 heterocycles. The van der Waals surface area contributed by atoms with Crippen LogP contribution in [-0.2, 0) is 9.53 Å². The Bertz CT molecular complexity index is 399. The summed E-state index contributed by atoms with van der Waals surface area (Å²) in [6.07, 6.45) is 0. The van der Waals surface area contributed by atoms with Gasteiger partial charge in [-0.25, -0.2) is 8.78 Å². The summed E-state index contributed by atoms with van der Waals surface area (Å²) in [6, 6.07) is 1.96. The fraction of sp³-hybridized carbons (Fsp3) is 0.300. The molecule has 0 spiro atoms. The Morgan fingerprint density at radius 3 is 2.75 bits per heavy atom. The van der Waals surface area contributed by atoms with Crippen molar-refractivity contribution in [3.63, 3.8) is 0 Å². The number of hydrogen-bond acceptors (Lipinski definition) is 3. The zero-order chi connectivity index (χ0) is 12.1. The largest absolute Gasteiger partial charge is 0.465 e. The van der Waals surface area contributed by atoms with Crippen LogP contribution in [0.5, 0.6) is 0 Å². The highest BCUT2D eigenvalue weighted by atomic mass is 79.9. The highest BCUT2D eigenvalue weighted by Gasteiger charge is 2.09. The van der Waals surface area contributed by atoms with E-state index >= 15 is 0 Å². The van der Waals surface area contributed by atoms with Crippen molar-refractivity contribution in [2.45, 2.75) is 6.92 Å². The molecular formula is C10H10BrF2NO2. The van der Waals surface area contributed by atoms with Gasteiger partial charge in [0.1, 0.15) is 18.2 Å². The summed E-state index contributed by atoms with van der Waals surface area (Å²) in [7, 11) is 0. The van der Waals surface area contributed by atoms with Crippen molar-refractivity contribution in [3.8, 4) is 0 Å². The predicted molar refractivity (Wildman–Crippen MR) is 59.2 cm³/mol. The van der Waals surface area contributed by atoms with Crippen molar-refractivity contribution >= 4 is 27.6 Å². The van der Waals surface area contributed by atoms with Crippen molar-refractivity contribution < 1.29 is 18.3 Å². The van der Waals surface area contributed by atoms with E-state index < -0.39 is 17.6 Å². The number of hydrogen-bond donors (Lipinski definition) is 1. The summed E-state index contributed by atoms with van der Waals surface area (Å²) >= 11 is 2.85. The first-order chi connectivity index (χ1) is 7.54. The molecule has 0 fully saturated rings. The first kappa shape index (κ1) is 12.9. The van der Waals surface area contributed by atoms with Gasteiger partial charge in [-0.1, -0.05) is 0 Å². The van der Waals surface area contributed by atoms with Crippen LogP contribution in [0.3, 0.4) is 0 Å². The fourth-order valence-corrected chi connectivity index (χ4v) is 1.35. The molecule has 0 saturated carbocycles. The van der Waals surface area contributed by atoms with Gasteiger partial charge in [0.25, 0.3) is 0 Å². The first-order valence-electron chi connectivity index (χ1n) is 4.58. The fourth-order valence-electron chi connectivity index (χ4n) is 1.04. The normalized spacial score (nSPS) is 10.0. The third kappa shape index (κ3) is 3.44. The number of anilines is 1. The molecule has 0 radical (unpaired) electrons. The van der Waals surface area contributed by atoms with Gasteiger partial charge in [-0.2, -0.15) is 0 Å². The second-order valence-electron chi connectivity index (χ2n) is 2.90. The first-order valence-corrected chi connectivity index (χ1v) is 5.38. The number of benzene rings is 1. The second-order valence-corrected chi connectivity index (χ2v) is 3.76. The van der Waals surface area contributed by atoms with Crippen LogP contribution in [0.15, 0.2) is 16.6 Å². The number of carbonyl (C=O) groups is 1. The number of ether oxygens (including phenoxy) is 1. The quantitative estimate of drug-likeness (QED) is 0.685. The summed E-state index contributed by atoms with van der Waals surface area (Å²) < 4.78 is 31.0. The Morgan fingerprint density at radius 2 is 2.12 bits per heavy atom. The van der Waals surface area contributed by atoms with Gasteiger partial charge in [-0.3, -0.25) is 4.79 Å². The van der Waals surface area contributed by atoms with E-state index in [1.807, 2.05) is 0 Å². The monoisotopic (exact) mass is 293 g/mol. The van der Waals surface area contributed by atoms with Gasteiger partial charge >= 0.3 is 5.97 Å². The summed E-state index contributed by atoms with van der Waals surface area (Å²) in [5.74, 6) is -1.77. The molecule has 1 aromatic carbocycles. The minimum Gasteiger partial charge on any atom is -0.465 e. The minimum absolute atomic E-state index is 0.0340. The van der Waals surface area contributed by atoms with Crippen LogP contribution < -0.4 is 5.32 Å². The zero-order valence-electron chi connectivity index (χ0n) is 8.52. The number of nitrogens with one attached hydrogen (secondary N) is 1. The highest BCUT2D eigenvalue weighted by Crippen LogP contribution is 2.23. The third-order valence-electron chi connectivity index (χ3n) is 1.74. The Morgan fingerprint density at radius 1 is 1.44 bits per heavy atom. The van der Waals surface area contributed by atoms with E-state index in [0.717, 1.165) is 12.1 Å². The summed E-state index contributed by atoms with van der Waals surface area (Å²) in [5.41, 5.74) is -0.0752. The van der Waals surface area contributed by atoms with Crippen molar-refractivity contribution in [3.05, 3.63) is 28.2 Å². The smallest absolute Gasteiger partial charge is 0.325 e. The highest BCUT2D eigenvalue weighted by molar-refractivity contribution is 9.10. The number of esters is 1. The van der Waals surface area contributed by atoms with Gasteiger partial charge in [0.05, 0.1) is 16.8 Å². The van der Waals surface area contributed by atoms with E-state index in [1.165, 1.54) is 0 Å². The molecule has 0 amide bonds. The maximum Gasteiger partial charge on any atom is 0.325 e. The summed E-state index contributed by atoms with van der Waals surface area (Å²) in [6.45, 7) is 1.71. The van der Waals surface area contributed by atoms with Gasteiger partial charge in [-0.05, 0) is 28.9 Å². The molecule has 6 heteroatoms. The summed E-state index contributed by atoms with van der Waals surface area (Å²) in [5, 5.41) is 2.46. The molecule has 0 unspecified atom stereocenters. The lowest BCUT2D eigenvalue weighted by Gasteiger charge is -2.07. The second kappa shape index (κ2) is 5.79. The average molecular weight is 294 g/mol. The SMILES string of the molecule is CCOC(=O)CNc1cc(F)c(Br)cc1F. The van der Waals surface area contributed by atoms with Gasteiger partial charge < -0.3 is 10.1 Å². The lowest BCUT2D eigenvalue weighted by Crippen LogP contribution is -2.17. The Hall–Kier alpha value is -1.17. The molecule has 0 aromatic heterocycles. The minimum atomic E-state index is -0.641. The third-order valence-corrected chi connectivity index (χ3v) is 2.35. The van der Waals surface area contributed by atoms with Crippen LogP contribution in [0.25, 0.3) is 0 Å². The van der Waals surface area contributed by atoms with E-state index in [2.05, 4.69) is 26.0 Å². The van der Waals surface area contributed by atoms with Crippen molar-refractivity contribution in [1.29, 1.82) is 0 Å². The molecule has 16 heavy (non-hydrogen) atoms. The van der Waals surface area contributed by atoms with Crippen LogP contribution in [0.4, 0.5) is 14.5 Å². The van der Waals surface area contributed by atoms with E-state index in [-0.39, 0.29) is 23.3 Å². The molecular weight excluding hydrogens is 284 g/mol. The molecule has 0 aliphatic carbocycles. The lowest BCUT2D eigenvalue weighted by atomic mass is 10.3. The molecule has 0 aliphatic heterocycles. The van der Waals surface area contributed by atoms with E-state index in [1.54, 1.807) is 6.92 Å². The van der Waals surface area contributed by atoms with E-state index in [0.29, 0.717) is 0 Å². The van der Waals surface area contributed by atoms with E-state index in [4.69, 9.17) is 0 Å². The van der Waals surface area contributed by atoms with Gasteiger partial charge in [-0.15, -0.1) is 0 Å². The number of halogens is 3. The van der Waals surface area contributed by atoms with Crippen molar-refractivity contribution in [1.82, 2.24) is 0 Å². The molecule has 0 bridgehead atoms. The number of carbonyl (C=O) groups excluding carboxylic acids is 1. The molecule has 0 aliphatic rings. The molecule has 1 aromatic rings. The van der Waals surface area contributed by atoms with Gasteiger partial charge in [0.2, 0.25) is 0 Å². The van der Waals surface area contributed by atoms with Gasteiger partial charge in [0, 0.05) is 6.07 Å². The average Bonchev–Trinajstić information content (AvgIpc) is 2.22. The Balaban J connectivity index is 2.67. The standard InChI is InChI=1S/C10H10BrF2NO2/c1-2-16-10(15)5-14-9-4-7(12)6(11)3-8(9)13/h3-4,14H,2,5H2,1H3. The van der Waals surface area contributed by atoms with Crippen molar-refractivity contribution in [2.24, 2.45) is 0 Å². The Labute approximate surface area is 99.9 Å². The molecule has 1 N–H and O–H groups in total. The lowest BCUT2D eigenvalue weighted by molar-refractivity contribution is -0.140. The number of rotatable bonds is 4. The summed E-state index contributed by atoms with van der Waals surface area (Å²) in [4.78, 5) is 11.0. The molecule has 0 saturated heterocycles. The Kier molecular flexibility index (Phi) is 4.67. The van der Waals surface area contributed by atoms with Crippen LogP contribution in [-0.4, -0.2) is 19.1 Å². The van der Waals surface area contributed by atoms with Crippen LogP contribution >= 0.6 is 15.9 Å². The molecule has 1 rings (SSSR count).